The molecular weight excluding hydrogens is 172 g/mol. The van der Waals surface area contributed by atoms with E-state index in [9.17, 15) is 5.11 Å². The smallest absolute Gasteiger partial charge is 0.123 e. The molecule has 0 amide bonds. The fourth-order valence-electron chi connectivity index (χ4n) is 1.18. The third-order valence-electron chi connectivity index (χ3n) is 2.01. The van der Waals surface area contributed by atoms with E-state index in [0.717, 1.165) is 4.88 Å². The van der Waals surface area contributed by atoms with Gasteiger partial charge in [-0.3, -0.25) is 0 Å². The van der Waals surface area contributed by atoms with Gasteiger partial charge in [-0.1, -0.05) is 0 Å². The quantitative estimate of drug-likeness (QED) is 0.658. The Labute approximate surface area is 74.3 Å². The topological polar surface area (TPSA) is 56.0 Å². The van der Waals surface area contributed by atoms with Gasteiger partial charge in [-0.15, -0.1) is 11.3 Å². The molecule has 0 radical (unpaired) electrons. The first-order valence-electron chi connectivity index (χ1n) is 3.68. The van der Waals surface area contributed by atoms with E-state index in [1.807, 2.05) is 6.07 Å². The van der Waals surface area contributed by atoms with Crippen LogP contribution >= 0.6 is 11.3 Å². The highest BCUT2D eigenvalue weighted by molar-refractivity contribution is 7.12. The van der Waals surface area contributed by atoms with Crippen molar-refractivity contribution in [2.75, 3.05) is 13.1 Å². The van der Waals surface area contributed by atoms with Gasteiger partial charge in [0, 0.05) is 18.0 Å². The molecule has 1 aromatic heterocycles. The lowest BCUT2D eigenvalue weighted by Crippen LogP contribution is -2.56. The van der Waals surface area contributed by atoms with Gasteiger partial charge in [-0.2, -0.15) is 5.26 Å². The Bertz CT molecular complexity index is 335. The summed E-state index contributed by atoms with van der Waals surface area (Å²) in [6, 6.07) is 5.62. The van der Waals surface area contributed by atoms with E-state index in [1.54, 1.807) is 6.07 Å². The van der Waals surface area contributed by atoms with Crippen LogP contribution in [0.1, 0.15) is 9.75 Å². The number of aliphatic hydroxyl groups is 1. The summed E-state index contributed by atoms with van der Waals surface area (Å²) in [5.74, 6) is 0. The van der Waals surface area contributed by atoms with Crippen LogP contribution in [0, 0.1) is 11.3 Å². The van der Waals surface area contributed by atoms with Crippen molar-refractivity contribution in [3.05, 3.63) is 21.9 Å². The lowest BCUT2D eigenvalue weighted by molar-refractivity contribution is -0.0112. The molecule has 0 unspecified atom stereocenters. The third-order valence-corrected chi connectivity index (χ3v) is 3.19. The molecule has 0 aromatic carbocycles. The maximum atomic E-state index is 9.83. The van der Waals surface area contributed by atoms with Crippen LogP contribution in [0.4, 0.5) is 0 Å². The van der Waals surface area contributed by atoms with Crippen molar-refractivity contribution in [2.45, 2.75) is 5.60 Å². The summed E-state index contributed by atoms with van der Waals surface area (Å²) in [6.45, 7) is 1.19. The number of hydrogen-bond donors (Lipinski definition) is 2. The van der Waals surface area contributed by atoms with Gasteiger partial charge in [-0.05, 0) is 12.1 Å². The highest BCUT2D eigenvalue weighted by Gasteiger charge is 2.37. The molecule has 2 rings (SSSR count). The summed E-state index contributed by atoms with van der Waals surface area (Å²) < 4.78 is 0. The van der Waals surface area contributed by atoms with Crippen LogP contribution in [0.3, 0.4) is 0 Å². The average Bonchev–Trinajstić information content (AvgIpc) is 2.48. The number of hydrogen-bond acceptors (Lipinski definition) is 4. The molecule has 1 aromatic rings. The molecule has 62 valence electrons. The minimum atomic E-state index is -0.709. The Morgan fingerprint density at radius 3 is 2.75 bits per heavy atom. The Kier molecular flexibility index (Phi) is 1.65. The third kappa shape index (κ3) is 1.03. The Morgan fingerprint density at radius 1 is 1.58 bits per heavy atom. The summed E-state index contributed by atoms with van der Waals surface area (Å²) in [6.07, 6.45) is 0. The van der Waals surface area contributed by atoms with E-state index in [2.05, 4.69) is 11.4 Å². The molecule has 1 saturated heterocycles. The molecule has 4 heteroatoms. The molecule has 0 saturated carbocycles. The molecule has 1 fully saturated rings. The molecule has 0 atom stereocenters. The number of nitriles is 1. The van der Waals surface area contributed by atoms with Crippen LogP contribution in [-0.4, -0.2) is 18.2 Å². The molecule has 0 bridgehead atoms. The van der Waals surface area contributed by atoms with Gasteiger partial charge in [0.05, 0.1) is 0 Å². The van der Waals surface area contributed by atoms with Gasteiger partial charge in [0.2, 0.25) is 0 Å². The summed E-state index contributed by atoms with van der Waals surface area (Å²) in [5, 5.41) is 21.4. The van der Waals surface area contributed by atoms with Crippen molar-refractivity contribution in [3.63, 3.8) is 0 Å². The minimum absolute atomic E-state index is 0.596. The van der Waals surface area contributed by atoms with Gasteiger partial charge in [-0.25, -0.2) is 0 Å². The number of nitrogens with zero attached hydrogens (tertiary/aromatic N) is 1. The van der Waals surface area contributed by atoms with Gasteiger partial charge in [0.15, 0.2) is 0 Å². The van der Waals surface area contributed by atoms with Crippen LogP contribution in [0.5, 0.6) is 0 Å². The fourth-order valence-corrected chi connectivity index (χ4v) is 2.07. The second-order valence-corrected chi connectivity index (χ2v) is 3.99. The highest BCUT2D eigenvalue weighted by atomic mass is 32.1. The maximum absolute atomic E-state index is 9.83. The van der Waals surface area contributed by atoms with E-state index in [1.165, 1.54) is 11.3 Å². The lowest BCUT2D eigenvalue weighted by Gasteiger charge is -2.36. The summed E-state index contributed by atoms with van der Waals surface area (Å²) >= 11 is 1.36. The highest BCUT2D eigenvalue weighted by Crippen LogP contribution is 2.30. The predicted octanol–water partition coefficient (Wildman–Crippen LogP) is 0.411. The number of thiophene rings is 1. The number of nitrogens with one attached hydrogen (secondary N) is 1. The minimum Gasteiger partial charge on any atom is -0.382 e. The first-order chi connectivity index (χ1) is 5.74. The second-order valence-electron chi connectivity index (χ2n) is 2.91. The molecule has 3 nitrogen and oxygen atoms in total. The Balaban J connectivity index is 2.29. The fraction of sp³-hybridized carbons (Fsp3) is 0.375. The first kappa shape index (κ1) is 7.74. The zero-order valence-electron chi connectivity index (χ0n) is 6.37. The SMILES string of the molecule is N#Cc1ccc(C2(O)CNC2)s1. The molecule has 2 heterocycles. The molecule has 12 heavy (non-hydrogen) atoms. The normalized spacial score (nSPS) is 19.7. The molecule has 0 spiro atoms. The van der Waals surface area contributed by atoms with Crippen molar-refractivity contribution in [1.29, 1.82) is 5.26 Å². The van der Waals surface area contributed by atoms with Crippen molar-refractivity contribution in [1.82, 2.24) is 5.32 Å². The van der Waals surface area contributed by atoms with Crippen LogP contribution < -0.4 is 5.32 Å². The van der Waals surface area contributed by atoms with E-state index < -0.39 is 5.60 Å². The monoisotopic (exact) mass is 180 g/mol. The van der Waals surface area contributed by atoms with Crippen LogP contribution in [0.25, 0.3) is 0 Å². The summed E-state index contributed by atoms with van der Waals surface area (Å²) in [7, 11) is 0. The molecular formula is C8H8N2OS. The Hall–Kier alpha value is -0.890. The largest absolute Gasteiger partial charge is 0.382 e. The number of β-amino-alcohol motifs (C(OH)–C–C–N with tert-alkyl or cyclic N) is 1. The van der Waals surface area contributed by atoms with Gasteiger partial charge in [0.25, 0.3) is 0 Å². The molecule has 0 aliphatic carbocycles. The molecule has 2 N–H and O–H groups in total. The van der Waals surface area contributed by atoms with Gasteiger partial charge >= 0.3 is 0 Å². The lowest BCUT2D eigenvalue weighted by atomic mass is 9.95. The van der Waals surface area contributed by atoms with Crippen molar-refractivity contribution < 1.29 is 5.11 Å². The Morgan fingerprint density at radius 2 is 2.33 bits per heavy atom. The van der Waals surface area contributed by atoms with Crippen LogP contribution in [-0.2, 0) is 5.60 Å². The van der Waals surface area contributed by atoms with E-state index in [0.29, 0.717) is 18.0 Å². The van der Waals surface area contributed by atoms with E-state index >= 15 is 0 Å². The second kappa shape index (κ2) is 2.56. The van der Waals surface area contributed by atoms with Gasteiger partial charge in [0.1, 0.15) is 16.5 Å². The predicted molar refractivity (Wildman–Crippen MR) is 45.8 cm³/mol. The standard InChI is InChI=1S/C8H8N2OS/c9-3-6-1-2-7(12-6)8(11)4-10-5-8/h1-2,10-11H,4-5H2. The van der Waals surface area contributed by atoms with Crippen molar-refractivity contribution in [3.8, 4) is 6.07 Å². The zero-order chi connectivity index (χ0) is 8.60. The number of rotatable bonds is 1. The summed E-state index contributed by atoms with van der Waals surface area (Å²) in [5.41, 5.74) is -0.709. The molecule has 1 aliphatic rings. The average molecular weight is 180 g/mol. The molecule has 1 aliphatic heterocycles. The van der Waals surface area contributed by atoms with Crippen LogP contribution in [0.2, 0.25) is 0 Å². The van der Waals surface area contributed by atoms with E-state index in [-0.39, 0.29) is 0 Å². The summed E-state index contributed by atoms with van der Waals surface area (Å²) in [4.78, 5) is 1.54. The van der Waals surface area contributed by atoms with Crippen LogP contribution in [0.15, 0.2) is 12.1 Å². The van der Waals surface area contributed by atoms with Gasteiger partial charge < -0.3 is 10.4 Å². The maximum Gasteiger partial charge on any atom is 0.123 e. The zero-order valence-corrected chi connectivity index (χ0v) is 7.19. The van der Waals surface area contributed by atoms with Crippen molar-refractivity contribution in [2.24, 2.45) is 0 Å². The first-order valence-corrected chi connectivity index (χ1v) is 4.50. The van der Waals surface area contributed by atoms with E-state index in [4.69, 9.17) is 5.26 Å². The van der Waals surface area contributed by atoms with Crippen molar-refractivity contribution >= 4 is 11.3 Å².